The van der Waals surface area contributed by atoms with Crippen molar-refractivity contribution in [2.45, 2.75) is 11.7 Å². The van der Waals surface area contributed by atoms with Crippen LogP contribution in [0.15, 0.2) is 41.0 Å². The average Bonchev–Trinajstić information content (AvgIpc) is 3.18. The molecule has 0 saturated carbocycles. The van der Waals surface area contributed by atoms with Gasteiger partial charge in [0, 0.05) is 30.2 Å². The van der Waals surface area contributed by atoms with Gasteiger partial charge in [0.2, 0.25) is 5.78 Å². The van der Waals surface area contributed by atoms with Crippen LogP contribution in [0.4, 0.5) is 0 Å². The number of fused-ring (bicyclic) bond motifs is 5. The van der Waals surface area contributed by atoms with Crippen LogP contribution in [0.3, 0.4) is 0 Å². The standard InChI is InChI=1S/C21H18O7/c1-23-17-7-13-16(9-18(17)24-2)27-10-19-21(13,25-3)20(22)12-6-11-4-5-26-14(11)8-15(12)28-19/h4-9,19H,10H2,1-3H3/t19-,21+/m0/s1. The Hall–Kier alpha value is -3.19. The molecule has 0 saturated heterocycles. The van der Waals surface area contributed by atoms with Gasteiger partial charge in [-0.25, -0.2) is 0 Å². The summed E-state index contributed by atoms with van der Waals surface area (Å²) >= 11 is 0. The van der Waals surface area contributed by atoms with Gasteiger partial charge >= 0.3 is 0 Å². The van der Waals surface area contributed by atoms with E-state index < -0.39 is 11.7 Å². The van der Waals surface area contributed by atoms with Crippen LogP contribution in [-0.4, -0.2) is 39.8 Å². The lowest BCUT2D eigenvalue weighted by Gasteiger charge is -2.45. The van der Waals surface area contributed by atoms with Crippen molar-refractivity contribution in [3.63, 3.8) is 0 Å². The molecule has 7 heteroatoms. The van der Waals surface area contributed by atoms with E-state index in [-0.39, 0.29) is 12.4 Å². The minimum absolute atomic E-state index is 0.150. The summed E-state index contributed by atoms with van der Waals surface area (Å²) in [5.41, 5.74) is 0.291. The number of furan rings is 1. The van der Waals surface area contributed by atoms with E-state index in [4.69, 9.17) is 28.1 Å². The molecule has 0 aliphatic carbocycles. The van der Waals surface area contributed by atoms with E-state index in [9.17, 15) is 4.79 Å². The summed E-state index contributed by atoms with van der Waals surface area (Å²) in [6, 6.07) is 8.72. The van der Waals surface area contributed by atoms with Crippen LogP contribution in [0.2, 0.25) is 0 Å². The van der Waals surface area contributed by atoms with Crippen LogP contribution in [0, 0.1) is 0 Å². The Bertz CT molecular complexity index is 1100. The molecule has 3 heterocycles. The number of hydrogen-bond donors (Lipinski definition) is 0. The van der Waals surface area contributed by atoms with Crippen LogP contribution < -0.4 is 18.9 Å². The SMILES string of the molecule is COc1cc2c(cc1OC)[C@]1(OC)C(=O)c3cc4ccoc4cc3O[C@H]1CO2. The number of ketones is 1. The lowest BCUT2D eigenvalue weighted by molar-refractivity contribution is -0.102. The van der Waals surface area contributed by atoms with Crippen molar-refractivity contribution in [1.29, 1.82) is 0 Å². The average molecular weight is 382 g/mol. The van der Waals surface area contributed by atoms with Gasteiger partial charge in [-0.05, 0) is 18.2 Å². The Morgan fingerprint density at radius 1 is 1.04 bits per heavy atom. The van der Waals surface area contributed by atoms with E-state index in [1.54, 1.807) is 43.7 Å². The number of carbonyl (C=O) groups is 1. The van der Waals surface area contributed by atoms with Crippen molar-refractivity contribution in [2.24, 2.45) is 0 Å². The van der Waals surface area contributed by atoms with Crippen LogP contribution in [0.5, 0.6) is 23.0 Å². The van der Waals surface area contributed by atoms with Crippen LogP contribution in [0.1, 0.15) is 15.9 Å². The molecule has 0 N–H and O–H groups in total. The van der Waals surface area contributed by atoms with Crippen molar-refractivity contribution in [2.75, 3.05) is 27.9 Å². The summed E-state index contributed by atoms with van der Waals surface area (Å²) in [5.74, 6) is 1.75. The van der Waals surface area contributed by atoms with E-state index in [0.29, 0.717) is 39.7 Å². The van der Waals surface area contributed by atoms with Gasteiger partial charge in [0.1, 0.15) is 23.7 Å². The normalized spacial score (nSPS) is 22.5. The molecule has 0 fully saturated rings. The zero-order chi connectivity index (χ0) is 19.5. The molecule has 0 bridgehead atoms. The molecule has 2 aromatic carbocycles. The van der Waals surface area contributed by atoms with Gasteiger partial charge in [-0.15, -0.1) is 0 Å². The minimum atomic E-state index is -1.35. The first kappa shape index (κ1) is 16.9. The highest BCUT2D eigenvalue weighted by Gasteiger charge is 2.57. The third kappa shape index (κ3) is 2.05. The third-order valence-electron chi connectivity index (χ3n) is 5.46. The van der Waals surface area contributed by atoms with Crippen molar-refractivity contribution in [3.05, 3.63) is 47.7 Å². The Morgan fingerprint density at radius 2 is 1.82 bits per heavy atom. The van der Waals surface area contributed by atoms with Gasteiger partial charge in [-0.3, -0.25) is 4.79 Å². The highest BCUT2D eigenvalue weighted by molar-refractivity contribution is 6.09. The smallest absolute Gasteiger partial charge is 0.207 e. The van der Waals surface area contributed by atoms with Crippen LogP contribution in [-0.2, 0) is 10.3 Å². The maximum absolute atomic E-state index is 13.7. The molecule has 144 valence electrons. The quantitative estimate of drug-likeness (QED) is 0.688. The molecular formula is C21H18O7. The van der Waals surface area contributed by atoms with E-state index in [1.165, 1.54) is 14.2 Å². The largest absolute Gasteiger partial charge is 0.493 e. The maximum atomic E-state index is 13.7. The number of rotatable bonds is 3. The molecule has 0 unspecified atom stereocenters. The van der Waals surface area contributed by atoms with Gasteiger partial charge in [0.15, 0.2) is 23.2 Å². The molecule has 0 amide bonds. The molecule has 1 aromatic heterocycles. The molecule has 2 atom stereocenters. The van der Waals surface area contributed by atoms with E-state index in [0.717, 1.165) is 5.39 Å². The Balaban J connectivity index is 1.74. The second kappa shape index (κ2) is 5.90. The third-order valence-corrected chi connectivity index (χ3v) is 5.46. The first-order chi connectivity index (χ1) is 13.6. The molecule has 0 radical (unpaired) electrons. The molecular weight excluding hydrogens is 364 g/mol. The van der Waals surface area contributed by atoms with Crippen molar-refractivity contribution in [3.8, 4) is 23.0 Å². The lowest BCUT2D eigenvalue weighted by atomic mass is 9.77. The molecule has 3 aromatic rings. The Labute approximate surface area is 160 Å². The lowest BCUT2D eigenvalue weighted by Crippen LogP contribution is -2.58. The fourth-order valence-electron chi connectivity index (χ4n) is 4.07. The summed E-state index contributed by atoms with van der Waals surface area (Å²) in [5, 5.41) is 0.819. The molecule has 2 aliphatic heterocycles. The summed E-state index contributed by atoms with van der Waals surface area (Å²) in [6.07, 6.45) is 0.922. The van der Waals surface area contributed by atoms with E-state index in [2.05, 4.69) is 0 Å². The van der Waals surface area contributed by atoms with Gasteiger partial charge in [0.25, 0.3) is 0 Å². The van der Waals surface area contributed by atoms with Crippen molar-refractivity contribution >= 4 is 16.8 Å². The number of ether oxygens (including phenoxy) is 5. The van der Waals surface area contributed by atoms with Gasteiger partial charge in [-0.1, -0.05) is 0 Å². The summed E-state index contributed by atoms with van der Waals surface area (Å²) < 4.78 is 34.1. The van der Waals surface area contributed by atoms with Gasteiger partial charge in [-0.2, -0.15) is 0 Å². The molecule has 28 heavy (non-hydrogen) atoms. The number of Topliss-reactive ketones (excluding diaryl/α,β-unsaturated/α-hetero) is 1. The first-order valence-corrected chi connectivity index (χ1v) is 8.79. The second-order valence-corrected chi connectivity index (χ2v) is 6.70. The topological polar surface area (TPSA) is 76.4 Å². The number of methoxy groups -OCH3 is 3. The second-order valence-electron chi connectivity index (χ2n) is 6.70. The van der Waals surface area contributed by atoms with Crippen molar-refractivity contribution in [1.82, 2.24) is 0 Å². The van der Waals surface area contributed by atoms with E-state index in [1.807, 2.05) is 0 Å². The highest BCUT2D eigenvalue weighted by atomic mass is 16.6. The van der Waals surface area contributed by atoms with Gasteiger partial charge < -0.3 is 28.1 Å². The fraction of sp³-hybridized carbons (Fsp3) is 0.286. The molecule has 5 rings (SSSR count). The zero-order valence-corrected chi connectivity index (χ0v) is 15.6. The highest BCUT2D eigenvalue weighted by Crippen LogP contribution is 2.51. The monoisotopic (exact) mass is 382 g/mol. The van der Waals surface area contributed by atoms with Crippen LogP contribution >= 0.6 is 0 Å². The zero-order valence-electron chi connectivity index (χ0n) is 15.6. The summed E-state index contributed by atoms with van der Waals surface area (Å²) in [7, 11) is 4.58. The number of hydrogen-bond acceptors (Lipinski definition) is 7. The Kier molecular flexibility index (Phi) is 3.57. The number of carbonyl (C=O) groups excluding carboxylic acids is 1. The van der Waals surface area contributed by atoms with Crippen molar-refractivity contribution < 1.29 is 32.9 Å². The summed E-state index contributed by atoms with van der Waals surface area (Å²) in [6.45, 7) is 0.150. The predicted octanol–water partition coefficient (Wildman–Crippen LogP) is 3.33. The van der Waals surface area contributed by atoms with Crippen LogP contribution in [0.25, 0.3) is 11.0 Å². The first-order valence-electron chi connectivity index (χ1n) is 8.79. The summed E-state index contributed by atoms with van der Waals surface area (Å²) in [4.78, 5) is 13.7. The number of benzene rings is 2. The predicted molar refractivity (Wildman–Crippen MR) is 98.7 cm³/mol. The molecule has 0 spiro atoms. The molecule has 7 nitrogen and oxygen atoms in total. The fourth-order valence-corrected chi connectivity index (χ4v) is 4.07. The van der Waals surface area contributed by atoms with Gasteiger partial charge in [0.05, 0.1) is 26.0 Å². The minimum Gasteiger partial charge on any atom is -0.493 e. The maximum Gasteiger partial charge on any atom is 0.207 e. The van der Waals surface area contributed by atoms with E-state index >= 15 is 0 Å². The molecule has 2 aliphatic rings. The Morgan fingerprint density at radius 3 is 2.57 bits per heavy atom.